The highest BCUT2D eigenvalue weighted by Gasteiger charge is 2.13. The van der Waals surface area contributed by atoms with Crippen molar-refractivity contribution < 1.29 is 14.3 Å². The van der Waals surface area contributed by atoms with E-state index >= 15 is 0 Å². The Kier molecular flexibility index (Phi) is 3.42. The molecule has 0 spiro atoms. The maximum atomic E-state index is 13.3. The lowest BCUT2D eigenvalue weighted by Crippen LogP contribution is -2.32. The molecule has 0 aliphatic rings. The van der Waals surface area contributed by atoms with Gasteiger partial charge in [-0.1, -0.05) is 12.1 Å². The SMILES string of the molecule is Cc1cc(CC(N)C(=O)O)cc(C)c1F. The summed E-state index contributed by atoms with van der Waals surface area (Å²) in [5, 5.41) is 8.64. The number of aryl methyl sites for hydroxylation is 2. The first-order chi connectivity index (χ1) is 6.91. The molecule has 3 nitrogen and oxygen atoms in total. The summed E-state index contributed by atoms with van der Waals surface area (Å²) in [5.41, 5.74) is 7.18. The zero-order valence-corrected chi connectivity index (χ0v) is 8.75. The lowest BCUT2D eigenvalue weighted by molar-refractivity contribution is -0.138. The molecule has 15 heavy (non-hydrogen) atoms. The van der Waals surface area contributed by atoms with Crippen molar-refractivity contribution in [3.05, 3.63) is 34.6 Å². The summed E-state index contributed by atoms with van der Waals surface area (Å²) in [5.74, 6) is -1.29. The zero-order valence-electron chi connectivity index (χ0n) is 8.75. The molecule has 0 heterocycles. The van der Waals surface area contributed by atoms with Crippen molar-refractivity contribution in [2.24, 2.45) is 5.73 Å². The predicted octanol–water partition coefficient (Wildman–Crippen LogP) is 1.40. The van der Waals surface area contributed by atoms with Crippen LogP contribution in [0.15, 0.2) is 12.1 Å². The normalized spacial score (nSPS) is 12.5. The number of carboxylic acid groups (broad SMARTS) is 1. The molecule has 0 aliphatic heterocycles. The second kappa shape index (κ2) is 4.40. The third-order valence-electron chi connectivity index (χ3n) is 2.27. The third kappa shape index (κ3) is 2.76. The van der Waals surface area contributed by atoms with Crippen LogP contribution in [0.2, 0.25) is 0 Å². The first kappa shape index (κ1) is 11.7. The zero-order chi connectivity index (χ0) is 11.6. The van der Waals surface area contributed by atoms with Gasteiger partial charge in [-0.05, 0) is 37.0 Å². The van der Waals surface area contributed by atoms with Crippen molar-refractivity contribution >= 4 is 5.97 Å². The van der Waals surface area contributed by atoms with E-state index in [0.29, 0.717) is 11.1 Å². The largest absolute Gasteiger partial charge is 0.480 e. The molecule has 0 aromatic heterocycles. The molecule has 1 atom stereocenters. The van der Waals surface area contributed by atoms with Crippen molar-refractivity contribution in [2.45, 2.75) is 26.3 Å². The van der Waals surface area contributed by atoms with Crippen LogP contribution in [-0.2, 0) is 11.2 Å². The highest BCUT2D eigenvalue weighted by Crippen LogP contribution is 2.15. The molecule has 0 fully saturated rings. The molecule has 0 amide bonds. The quantitative estimate of drug-likeness (QED) is 0.794. The van der Waals surface area contributed by atoms with E-state index in [-0.39, 0.29) is 12.2 Å². The van der Waals surface area contributed by atoms with Crippen molar-refractivity contribution in [3.63, 3.8) is 0 Å². The number of hydrogen-bond donors (Lipinski definition) is 2. The average molecular weight is 211 g/mol. The molecule has 82 valence electrons. The van der Waals surface area contributed by atoms with E-state index in [0.717, 1.165) is 5.56 Å². The van der Waals surface area contributed by atoms with Gasteiger partial charge >= 0.3 is 5.97 Å². The molecule has 0 aliphatic carbocycles. The number of halogens is 1. The van der Waals surface area contributed by atoms with Crippen LogP contribution >= 0.6 is 0 Å². The van der Waals surface area contributed by atoms with Gasteiger partial charge in [0.25, 0.3) is 0 Å². The predicted molar refractivity (Wildman–Crippen MR) is 55.2 cm³/mol. The van der Waals surface area contributed by atoms with Crippen LogP contribution in [0, 0.1) is 19.7 Å². The number of benzene rings is 1. The highest BCUT2D eigenvalue weighted by atomic mass is 19.1. The second-order valence-corrected chi connectivity index (χ2v) is 3.69. The topological polar surface area (TPSA) is 63.3 Å². The van der Waals surface area contributed by atoms with Crippen LogP contribution in [0.5, 0.6) is 0 Å². The van der Waals surface area contributed by atoms with Gasteiger partial charge in [-0.3, -0.25) is 4.79 Å². The summed E-state index contributed by atoms with van der Waals surface area (Å²) < 4.78 is 13.3. The molecule has 1 rings (SSSR count). The molecule has 0 saturated heterocycles. The summed E-state index contributed by atoms with van der Waals surface area (Å²) in [6.45, 7) is 3.30. The minimum Gasteiger partial charge on any atom is -0.480 e. The Morgan fingerprint density at radius 2 is 1.93 bits per heavy atom. The lowest BCUT2D eigenvalue weighted by Gasteiger charge is -2.09. The first-order valence-electron chi connectivity index (χ1n) is 4.66. The van der Waals surface area contributed by atoms with Crippen LogP contribution < -0.4 is 5.73 Å². The van der Waals surface area contributed by atoms with E-state index in [4.69, 9.17) is 10.8 Å². The van der Waals surface area contributed by atoms with E-state index in [2.05, 4.69) is 0 Å². The van der Waals surface area contributed by atoms with E-state index in [9.17, 15) is 9.18 Å². The lowest BCUT2D eigenvalue weighted by atomic mass is 10.0. The second-order valence-electron chi connectivity index (χ2n) is 3.69. The number of carboxylic acids is 1. The van der Waals surface area contributed by atoms with Gasteiger partial charge < -0.3 is 10.8 Å². The molecular weight excluding hydrogens is 197 g/mol. The first-order valence-corrected chi connectivity index (χ1v) is 4.66. The fourth-order valence-corrected chi connectivity index (χ4v) is 1.49. The fraction of sp³-hybridized carbons (Fsp3) is 0.364. The molecule has 0 radical (unpaired) electrons. The minimum absolute atomic E-state index is 0.220. The fourth-order valence-electron chi connectivity index (χ4n) is 1.49. The van der Waals surface area contributed by atoms with E-state index < -0.39 is 12.0 Å². The molecule has 1 aromatic carbocycles. The minimum atomic E-state index is -1.05. The Labute approximate surface area is 87.7 Å². The number of hydrogen-bond acceptors (Lipinski definition) is 2. The summed E-state index contributed by atoms with van der Waals surface area (Å²) >= 11 is 0. The summed E-state index contributed by atoms with van der Waals surface area (Å²) in [6, 6.07) is 2.32. The molecule has 1 aromatic rings. The van der Waals surface area contributed by atoms with E-state index in [1.54, 1.807) is 26.0 Å². The molecule has 1 unspecified atom stereocenters. The Bertz CT molecular complexity index is 367. The number of nitrogens with two attached hydrogens (primary N) is 1. The summed E-state index contributed by atoms with van der Waals surface area (Å²) in [7, 11) is 0. The molecule has 0 bridgehead atoms. The molecule has 3 N–H and O–H groups in total. The van der Waals surface area contributed by atoms with Crippen molar-refractivity contribution in [1.82, 2.24) is 0 Å². The van der Waals surface area contributed by atoms with Gasteiger partial charge in [-0.2, -0.15) is 0 Å². The highest BCUT2D eigenvalue weighted by molar-refractivity contribution is 5.73. The van der Waals surface area contributed by atoms with Gasteiger partial charge in [0.1, 0.15) is 11.9 Å². The standard InChI is InChI=1S/C11H14FNO2/c1-6-3-8(4-7(2)10(6)12)5-9(13)11(14)15/h3-4,9H,5,13H2,1-2H3,(H,14,15). The average Bonchev–Trinajstić information content (AvgIpc) is 2.13. The monoisotopic (exact) mass is 211 g/mol. The molecule has 4 heteroatoms. The number of carbonyl (C=O) groups is 1. The van der Waals surface area contributed by atoms with Crippen molar-refractivity contribution in [1.29, 1.82) is 0 Å². The third-order valence-corrected chi connectivity index (χ3v) is 2.27. The van der Waals surface area contributed by atoms with Crippen LogP contribution in [0.3, 0.4) is 0 Å². The Morgan fingerprint density at radius 1 is 1.47 bits per heavy atom. The van der Waals surface area contributed by atoms with Gasteiger partial charge in [0.2, 0.25) is 0 Å². The van der Waals surface area contributed by atoms with Crippen molar-refractivity contribution in [2.75, 3.05) is 0 Å². The van der Waals surface area contributed by atoms with Gasteiger partial charge in [0.15, 0.2) is 0 Å². The van der Waals surface area contributed by atoms with Crippen LogP contribution in [0.1, 0.15) is 16.7 Å². The maximum Gasteiger partial charge on any atom is 0.320 e. The van der Waals surface area contributed by atoms with Crippen LogP contribution in [0.4, 0.5) is 4.39 Å². The van der Waals surface area contributed by atoms with Gasteiger partial charge in [-0.15, -0.1) is 0 Å². The van der Waals surface area contributed by atoms with Crippen molar-refractivity contribution in [3.8, 4) is 0 Å². The summed E-state index contributed by atoms with van der Waals surface area (Å²) in [4.78, 5) is 10.5. The number of rotatable bonds is 3. The maximum absolute atomic E-state index is 13.3. The molecular formula is C11H14FNO2. The van der Waals surface area contributed by atoms with E-state index in [1.807, 2.05) is 0 Å². The Morgan fingerprint density at radius 3 is 2.33 bits per heavy atom. The van der Waals surface area contributed by atoms with E-state index in [1.165, 1.54) is 0 Å². The Hall–Kier alpha value is -1.42. The van der Waals surface area contributed by atoms with Crippen LogP contribution in [-0.4, -0.2) is 17.1 Å². The number of aliphatic carboxylic acids is 1. The summed E-state index contributed by atoms with van der Waals surface area (Å²) in [6.07, 6.45) is 0.220. The Balaban J connectivity index is 2.92. The van der Waals surface area contributed by atoms with Crippen LogP contribution in [0.25, 0.3) is 0 Å². The van der Waals surface area contributed by atoms with Gasteiger partial charge in [0.05, 0.1) is 0 Å². The van der Waals surface area contributed by atoms with Gasteiger partial charge in [-0.25, -0.2) is 4.39 Å². The van der Waals surface area contributed by atoms with Gasteiger partial charge in [0, 0.05) is 0 Å². The molecule has 0 saturated carbocycles. The smallest absolute Gasteiger partial charge is 0.320 e.